The van der Waals surface area contributed by atoms with Crippen molar-refractivity contribution in [2.75, 3.05) is 0 Å². The molecule has 0 radical (unpaired) electrons. The van der Waals surface area contributed by atoms with Crippen molar-refractivity contribution < 1.29 is 0 Å². The maximum atomic E-state index is 2.35. The van der Waals surface area contributed by atoms with Gasteiger partial charge in [0.25, 0.3) is 0 Å². The van der Waals surface area contributed by atoms with Gasteiger partial charge in [-0.25, -0.2) is 0 Å². The molecule has 0 aliphatic carbocycles. The number of hydrogen-bond acceptors (Lipinski definition) is 0. The minimum absolute atomic E-state index is 1.18. The first-order valence-electron chi connectivity index (χ1n) is 12.2. The molecule has 0 fully saturated rings. The monoisotopic (exact) mass is 556 g/mol. The summed E-state index contributed by atoms with van der Waals surface area (Å²) in [5.74, 6) is 0. The fraction of sp³-hybridized carbons (Fsp3) is 0.226. The molecule has 0 nitrogen and oxygen atoms in total. The van der Waals surface area contributed by atoms with Crippen molar-refractivity contribution in [3.63, 3.8) is 0 Å². The van der Waals surface area contributed by atoms with E-state index in [2.05, 4.69) is 121 Å². The fourth-order valence-corrected chi connectivity index (χ4v) is 14.5. The van der Waals surface area contributed by atoms with E-state index in [1.807, 2.05) is 0 Å². The summed E-state index contributed by atoms with van der Waals surface area (Å²) in [5.41, 5.74) is 0. The first kappa shape index (κ1) is 24.1. The zero-order valence-corrected chi connectivity index (χ0v) is 23.1. The van der Waals surface area contributed by atoms with Gasteiger partial charge in [0, 0.05) is 0 Å². The van der Waals surface area contributed by atoms with Crippen LogP contribution in [0.4, 0.5) is 0 Å². The maximum absolute atomic E-state index is 2.35. The molecule has 2 heteroatoms. The molecule has 4 rings (SSSR count). The molecule has 33 heavy (non-hydrogen) atoms. The summed E-state index contributed by atoms with van der Waals surface area (Å²) >= 11 is -2.36. The molecule has 0 saturated heterocycles. The van der Waals surface area contributed by atoms with E-state index in [1.165, 1.54) is 42.5 Å². The van der Waals surface area contributed by atoms with Gasteiger partial charge in [0.15, 0.2) is 0 Å². The number of hydrogen-bond donors (Lipinski definition) is 0. The Morgan fingerprint density at radius 3 is 0.818 bits per heavy atom. The van der Waals surface area contributed by atoms with Crippen LogP contribution in [-0.2, 0) is 0 Å². The molecule has 4 aromatic carbocycles. The molecule has 0 spiro atoms. The van der Waals surface area contributed by atoms with Crippen LogP contribution in [0.15, 0.2) is 121 Å². The van der Waals surface area contributed by atoms with E-state index in [0.717, 1.165) is 0 Å². The molecule has 0 aliphatic rings. The van der Waals surface area contributed by atoms with Gasteiger partial charge in [-0.1, -0.05) is 0 Å². The van der Waals surface area contributed by atoms with E-state index >= 15 is 0 Å². The Morgan fingerprint density at radius 2 is 0.545 bits per heavy atom. The second kappa shape index (κ2) is 13.6. The predicted octanol–water partition coefficient (Wildman–Crippen LogP) is 5.56. The van der Waals surface area contributed by atoms with Crippen molar-refractivity contribution in [3.05, 3.63) is 121 Å². The van der Waals surface area contributed by atoms with E-state index in [0.29, 0.717) is 0 Å². The Kier molecular flexibility index (Phi) is 9.98. The van der Waals surface area contributed by atoms with Crippen LogP contribution in [0, 0.1) is 0 Å². The number of benzene rings is 4. The Hall–Kier alpha value is -2.00. The molecular weight excluding hydrogens is 522 g/mol. The standard InChI is InChI=1S/C31H34As2/c1(2-16-26-32(28-18-8-4-9-19-28)29-20-10-5-11-21-29)3-17-27-33(30-22-12-6-13-23-30)31-24-14-7-15-25-31/h4-15,18-25H,1-3,16-17,26-27H2. The van der Waals surface area contributed by atoms with Gasteiger partial charge >= 0.3 is 211 Å². The van der Waals surface area contributed by atoms with E-state index in [-0.39, 0.29) is 0 Å². The fourth-order valence-electron chi connectivity index (χ4n) is 4.32. The molecule has 0 N–H and O–H groups in total. The summed E-state index contributed by atoms with van der Waals surface area (Å²) in [5, 5.41) is 2.76. The molecule has 0 heterocycles. The molecule has 0 aliphatic heterocycles. The summed E-state index contributed by atoms with van der Waals surface area (Å²) in [6.07, 6.45) is 6.84. The van der Waals surface area contributed by atoms with E-state index < -0.39 is 29.3 Å². The van der Waals surface area contributed by atoms with Crippen molar-refractivity contribution >= 4 is 46.7 Å². The predicted molar refractivity (Wildman–Crippen MR) is 149 cm³/mol. The van der Waals surface area contributed by atoms with E-state index in [1.54, 1.807) is 17.4 Å². The van der Waals surface area contributed by atoms with Crippen molar-refractivity contribution in [1.82, 2.24) is 0 Å². The van der Waals surface area contributed by atoms with Crippen molar-refractivity contribution in [2.45, 2.75) is 42.5 Å². The van der Waals surface area contributed by atoms with E-state index in [4.69, 9.17) is 0 Å². The van der Waals surface area contributed by atoms with Crippen LogP contribution >= 0.6 is 0 Å². The van der Waals surface area contributed by atoms with E-state index in [9.17, 15) is 0 Å². The third-order valence-corrected chi connectivity index (χ3v) is 17.0. The van der Waals surface area contributed by atoms with Gasteiger partial charge in [0.1, 0.15) is 0 Å². The summed E-state index contributed by atoms with van der Waals surface area (Å²) < 4.78 is 6.37. The number of rotatable bonds is 12. The Balaban J connectivity index is 1.25. The van der Waals surface area contributed by atoms with Gasteiger partial charge < -0.3 is 0 Å². The average molecular weight is 556 g/mol. The normalized spacial score (nSPS) is 11.2. The average Bonchev–Trinajstić information content (AvgIpc) is 2.90. The minimum atomic E-state index is -1.18. The Labute approximate surface area is 209 Å². The second-order valence-electron chi connectivity index (χ2n) is 8.41. The summed E-state index contributed by atoms with van der Waals surface area (Å²) in [4.78, 5) is 0. The molecular formula is C31H34As2. The number of unbranched alkanes of at least 4 members (excludes halogenated alkanes) is 4. The summed E-state index contributed by atoms with van der Waals surface area (Å²) in [6.45, 7) is 0. The van der Waals surface area contributed by atoms with Crippen LogP contribution in [-0.4, -0.2) is 29.3 Å². The summed E-state index contributed by atoms with van der Waals surface area (Å²) in [6, 6.07) is 45.1. The third kappa shape index (κ3) is 7.50. The second-order valence-corrected chi connectivity index (χ2v) is 18.2. The molecule has 4 aromatic rings. The van der Waals surface area contributed by atoms with Gasteiger partial charge in [-0.3, -0.25) is 0 Å². The first-order chi connectivity index (χ1) is 16.4. The van der Waals surface area contributed by atoms with Gasteiger partial charge in [-0.15, -0.1) is 0 Å². The SMILES string of the molecule is c1ccc([As](CCCCCCC[As](c2ccccc2)c2ccccc2)c2ccccc2)cc1. The van der Waals surface area contributed by atoms with Crippen LogP contribution in [0.2, 0.25) is 10.4 Å². The molecule has 0 aromatic heterocycles. The van der Waals surface area contributed by atoms with Crippen LogP contribution < -0.4 is 17.4 Å². The van der Waals surface area contributed by atoms with Crippen molar-refractivity contribution in [3.8, 4) is 0 Å². The van der Waals surface area contributed by atoms with Crippen LogP contribution in [0.5, 0.6) is 0 Å². The quantitative estimate of drug-likeness (QED) is 0.159. The Morgan fingerprint density at radius 1 is 0.303 bits per heavy atom. The molecule has 0 saturated carbocycles. The third-order valence-electron chi connectivity index (χ3n) is 6.03. The molecule has 0 unspecified atom stereocenters. The van der Waals surface area contributed by atoms with Crippen molar-refractivity contribution in [2.24, 2.45) is 0 Å². The molecule has 0 amide bonds. The van der Waals surface area contributed by atoms with Crippen LogP contribution in [0.3, 0.4) is 0 Å². The first-order valence-corrected chi connectivity index (χ1v) is 18.6. The molecule has 0 atom stereocenters. The van der Waals surface area contributed by atoms with Crippen LogP contribution in [0.25, 0.3) is 0 Å². The van der Waals surface area contributed by atoms with Gasteiger partial charge in [0.05, 0.1) is 0 Å². The van der Waals surface area contributed by atoms with Crippen molar-refractivity contribution in [1.29, 1.82) is 0 Å². The molecule has 168 valence electrons. The topological polar surface area (TPSA) is 0 Å². The van der Waals surface area contributed by atoms with Gasteiger partial charge in [0.2, 0.25) is 0 Å². The Bertz CT molecular complexity index is 867. The zero-order chi connectivity index (χ0) is 22.6. The van der Waals surface area contributed by atoms with Gasteiger partial charge in [-0.2, -0.15) is 0 Å². The van der Waals surface area contributed by atoms with Crippen LogP contribution in [0.1, 0.15) is 32.1 Å². The molecule has 0 bridgehead atoms. The summed E-state index contributed by atoms with van der Waals surface area (Å²) in [7, 11) is 0. The van der Waals surface area contributed by atoms with Gasteiger partial charge in [-0.05, 0) is 0 Å². The zero-order valence-electron chi connectivity index (χ0n) is 19.4.